The molecule has 1 aromatic heterocycles. The Morgan fingerprint density at radius 3 is 2.55 bits per heavy atom. The van der Waals surface area contributed by atoms with Crippen LogP contribution in [0.2, 0.25) is 0 Å². The fraction of sp³-hybridized carbons (Fsp3) is 0.118. The summed E-state index contributed by atoms with van der Waals surface area (Å²) < 4.78 is 11.2. The van der Waals surface area contributed by atoms with Crippen molar-refractivity contribution in [2.24, 2.45) is 0 Å². The summed E-state index contributed by atoms with van der Waals surface area (Å²) in [5.41, 5.74) is 3.14. The molecular weight excluding hydrogens is 346 g/mol. The van der Waals surface area contributed by atoms with Gasteiger partial charge in [-0.25, -0.2) is 0 Å². The number of rotatable bonds is 3. The van der Waals surface area contributed by atoms with Gasteiger partial charge in [0.1, 0.15) is 17.2 Å². The predicted molar refractivity (Wildman–Crippen MR) is 88.0 cm³/mol. The van der Waals surface area contributed by atoms with Gasteiger partial charge in [-0.1, -0.05) is 5.16 Å². The Morgan fingerprint density at radius 1 is 1.14 bits per heavy atom. The van der Waals surface area contributed by atoms with Crippen molar-refractivity contribution in [1.82, 2.24) is 5.16 Å². The summed E-state index contributed by atoms with van der Waals surface area (Å²) in [6.07, 6.45) is 0. The van der Waals surface area contributed by atoms with E-state index in [4.69, 9.17) is 9.26 Å². The number of hydrogen-bond acceptors (Lipinski definition) is 4. The minimum absolute atomic E-state index is 0.153. The molecule has 0 spiro atoms. The second kappa shape index (κ2) is 5.85. The van der Waals surface area contributed by atoms with E-state index >= 15 is 0 Å². The maximum atomic E-state index is 10.2. The molecule has 112 valence electrons. The Kier molecular flexibility index (Phi) is 3.90. The summed E-state index contributed by atoms with van der Waals surface area (Å²) in [6, 6.07) is 13.0. The van der Waals surface area contributed by atoms with Crippen molar-refractivity contribution in [3.05, 3.63) is 52.5 Å². The summed E-state index contributed by atoms with van der Waals surface area (Å²) in [4.78, 5) is 0. The second-order valence-corrected chi connectivity index (χ2v) is 5.80. The number of ether oxygens (including phenoxy) is 1. The van der Waals surface area contributed by atoms with E-state index in [0.29, 0.717) is 21.5 Å². The van der Waals surface area contributed by atoms with Crippen LogP contribution < -0.4 is 4.74 Å². The molecule has 5 heteroatoms. The van der Waals surface area contributed by atoms with E-state index in [1.807, 2.05) is 49.4 Å². The van der Waals surface area contributed by atoms with Crippen LogP contribution in [-0.4, -0.2) is 17.4 Å². The number of hydrogen-bond donors (Lipinski definition) is 1. The van der Waals surface area contributed by atoms with Gasteiger partial charge in [0.15, 0.2) is 5.76 Å². The largest absolute Gasteiger partial charge is 0.506 e. The molecule has 0 atom stereocenters. The van der Waals surface area contributed by atoms with Gasteiger partial charge in [0.2, 0.25) is 0 Å². The SMILES string of the molecule is COc1ccc(-c2cc(-c3cc(C)cc(Br)c3O)no2)cc1. The Labute approximate surface area is 136 Å². The Morgan fingerprint density at radius 2 is 1.86 bits per heavy atom. The number of aryl methyl sites for hydroxylation is 1. The van der Waals surface area contributed by atoms with E-state index in [-0.39, 0.29) is 5.75 Å². The zero-order valence-electron chi connectivity index (χ0n) is 12.1. The molecule has 1 heterocycles. The molecule has 22 heavy (non-hydrogen) atoms. The molecule has 1 N–H and O–H groups in total. The molecule has 0 unspecified atom stereocenters. The maximum absolute atomic E-state index is 10.2. The lowest BCUT2D eigenvalue weighted by molar-refractivity contribution is 0.414. The van der Waals surface area contributed by atoms with Crippen LogP contribution in [0.25, 0.3) is 22.6 Å². The maximum Gasteiger partial charge on any atom is 0.167 e. The van der Waals surface area contributed by atoms with E-state index in [0.717, 1.165) is 16.9 Å². The average Bonchev–Trinajstić information content (AvgIpc) is 3.00. The van der Waals surface area contributed by atoms with E-state index in [1.165, 1.54) is 0 Å². The van der Waals surface area contributed by atoms with E-state index in [9.17, 15) is 5.11 Å². The second-order valence-electron chi connectivity index (χ2n) is 4.95. The van der Waals surface area contributed by atoms with Crippen LogP contribution >= 0.6 is 15.9 Å². The van der Waals surface area contributed by atoms with Gasteiger partial charge in [0.05, 0.1) is 11.6 Å². The highest BCUT2D eigenvalue weighted by Crippen LogP contribution is 2.37. The summed E-state index contributed by atoms with van der Waals surface area (Å²) in [5.74, 6) is 1.57. The number of benzene rings is 2. The first-order valence-corrected chi connectivity index (χ1v) is 7.48. The normalized spacial score (nSPS) is 10.7. The van der Waals surface area contributed by atoms with Crippen molar-refractivity contribution in [2.45, 2.75) is 6.92 Å². The Hall–Kier alpha value is -2.27. The summed E-state index contributed by atoms with van der Waals surface area (Å²) >= 11 is 3.34. The van der Waals surface area contributed by atoms with E-state index in [2.05, 4.69) is 21.1 Å². The molecule has 3 aromatic rings. The quantitative estimate of drug-likeness (QED) is 0.729. The zero-order valence-corrected chi connectivity index (χ0v) is 13.7. The van der Waals surface area contributed by atoms with Gasteiger partial charge in [-0.3, -0.25) is 0 Å². The van der Waals surface area contributed by atoms with Crippen molar-refractivity contribution < 1.29 is 14.4 Å². The van der Waals surface area contributed by atoms with Gasteiger partial charge in [0, 0.05) is 17.2 Å². The van der Waals surface area contributed by atoms with Gasteiger partial charge >= 0.3 is 0 Å². The van der Waals surface area contributed by atoms with Crippen LogP contribution in [-0.2, 0) is 0 Å². The highest BCUT2D eigenvalue weighted by Gasteiger charge is 2.14. The number of methoxy groups -OCH3 is 1. The van der Waals surface area contributed by atoms with E-state index < -0.39 is 0 Å². The topological polar surface area (TPSA) is 55.5 Å². The monoisotopic (exact) mass is 359 g/mol. The fourth-order valence-electron chi connectivity index (χ4n) is 2.22. The van der Waals surface area contributed by atoms with Crippen molar-refractivity contribution >= 4 is 15.9 Å². The molecule has 0 amide bonds. The third-order valence-corrected chi connectivity index (χ3v) is 3.97. The Balaban J connectivity index is 2.00. The van der Waals surface area contributed by atoms with Crippen LogP contribution in [0.3, 0.4) is 0 Å². The van der Waals surface area contributed by atoms with Crippen LogP contribution in [0.4, 0.5) is 0 Å². The molecule has 0 radical (unpaired) electrons. The first kappa shape index (κ1) is 14.7. The highest BCUT2D eigenvalue weighted by atomic mass is 79.9. The average molecular weight is 360 g/mol. The number of halogens is 1. The van der Waals surface area contributed by atoms with Gasteiger partial charge in [-0.2, -0.15) is 0 Å². The molecule has 0 aliphatic carbocycles. The molecule has 0 saturated carbocycles. The number of aromatic hydroxyl groups is 1. The predicted octanol–water partition coefficient (Wildman–Crippen LogP) is 4.79. The van der Waals surface area contributed by atoms with Gasteiger partial charge in [-0.15, -0.1) is 0 Å². The van der Waals surface area contributed by atoms with Crippen molar-refractivity contribution in [3.63, 3.8) is 0 Å². The Bertz CT molecular complexity index is 809. The number of phenols is 1. The fourth-order valence-corrected chi connectivity index (χ4v) is 2.80. The van der Waals surface area contributed by atoms with Crippen molar-refractivity contribution in [1.29, 1.82) is 0 Å². The molecule has 0 aliphatic heterocycles. The lowest BCUT2D eigenvalue weighted by Gasteiger charge is -2.04. The summed E-state index contributed by atoms with van der Waals surface area (Å²) in [7, 11) is 1.62. The smallest absolute Gasteiger partial charge is 0.167 e. The minimum Gasteiger partial charge on any atom is -0.506 e. The van der Waals surface area contributed by atoms with Gasteiger partial charge in [0.25, 0.3) is 0 Å². The van der Waals surface area contributed by atoms with E-state index in [1.54, 1.807) is 7.11 Å². The third kappa shape index (κ3) is 2.72. The number of aromatic nitrogens is 1. The molecule has 0 aliphatic rings. The third-order valence-electron chi connectivity index (χ3n) is 3.37. The summed E-state index contributed by atoms with van der Waals surface area (Å²) in [5, 5.41) is 14.2. The first-order chi connectivity index (χ1) is 10.6. The van der Waals surface area contributed by atoms with Crippen LogP contribution in [0.1, 0.15) is 5.56 Å². The first-order valence-electron chi connectivity index (χ1n) is 6.69. The zero-order chi connectivity index (χ0) is 15.7. The molecule has 4 nitrogen and oxygen atoms in total. The summed E-state index contributed by atoms with van der Waals surface area (Å²) in [6.45, 7) is 1.96. The van der Waals surface area contributed by atoms with Crippen molar-refractivity contribution in [2.75, 3.05) is 7.11 Å². The van der Waals surface area contributed by atoms with Gasteiger partial charge < -0.3 is 14.4 Å². The van der Waals surface area contributed by atoms with Crippen LogP contribution in [0.5, 0.6) is 11.5 Å². The number of phenolic OH excluding ortho intramolecular Hbond substituents is 1. The molecule has 3 rings (SSSR count). The van der Waals surface area contributed by atoms with Crippen molar-refractivity contribution in [3.8, 4) is 34.1 Å². The highest BCUT2D eigenvalue weighted by molar-refractivity contribution is 9.10. The molecular formula is C17H14BrNO3. The number of nitrogens with zero attached hydrogens (tertiary/aromatic N) is 1. The van der Waals surface area contributed by atoms with Crippen LogP contribution in [0.15, 0.2) is 51.5 Å². The van der Waals surface area contributed by atoms with Gasteiger partial charge in [-0.05, 0) is 64.8 Å². The van der Waals surface area contributed by atoms with Crippen LogP contribution in [0, 0.1) is 6.92 Å². The molecule has 0 bridgehead atoms. The molecule has 0 saturated heterocycles. The molecule has 0 fully saturated rings. The lowest BCUT2D eigenvalue weighted by atomic mass is 10.1. The lowest BCUT2D eigenvalue weighted by Crippen LogP contribution is -1.83. The molecule has 2 aromatic carbocycles. The standard InChI is InChI=1S/C17H14BrNO3/c1-10-7-13(17(20)14(18)8-10)15-9-16(22-19-15)11-3-5-12(21-2)6-4-11/h3-9,20H,1-2H3. The minimum atomic E-state index is 0.153.